The van der Waals surface area contributed by atoms with E-state index in [1.807, 2.05) is 0 Å². The van der Waals surface area contributed by atoms with E-state index in [1.165, 1.54) is 6.07 Å². The number of sulfonamides is 1. The molecule has 10 heteroatoms. The average Bonchev–Trinajstić information content (AvgIpc) is 3.19. The monoisotopic (exact) mass is 359 g/mol. The summed E-state index contributed by atoms with van der Waals surface area (Å²) >= 11 is 0. The van der Waals surface area contributed by atoms with Crippen molar-refractivity contribution < 1.29 is 17.8 Å². The fourth-order valence-electron chi connectivity index (χ4n) is 2.54. The van der Waals surface area contributed by atoms with E-state index in [9.17, 15) is 8.42 Å². The Balaban J connectivity index is 1.71. The Bertz CT molecular complexity index is 1170. The molecule has 4 aromatic rings. The summed E-state index contributed by atoms with van der Waals surface area (Å²) < 4.78 is 37.6. The van der Waals surface area contributed by atoms with Crippen LogP contribution in [0.3, 0.4) is 0 Å². The number of rotatable bonds is 5. The average molecular weight is 359 g/mol. The molecule has 0 atom stereocenters. The predicted molar refractivity (Wildman–Crippen MR) is 89.4 cm³/mol. The normalized spacial score (nSPS) is 12.0. The first-order valence-electron chi connectivity index (χ1n) is 7.28. The van der Waals surface area contributed by atoms with Crippen LogP contribution in [-0.4, -0.2) is 35.8 Å². The summed E-state index contributed by atoms with van der Waals surface area (Å²) in [5.74, 6) is 0.663. The van der Waals surface area contributed by atoms with E-state index in [2.05, 4.69) is 29.6 Å². The zero-order valence-electron chi connectivity index (χ0n) is 13.1. The number of nitrogens with one attached hydrogen (secondary N) is 2. The van der Waals surface area contributed by atoms with Gasteiger partial charge in [-0.05, 0) is 40.6 Å². The summed E-state index contributed by atoms with van der Waals surface area (Å²) in [6.45, 7) is 0.344. The van der Waals surface area contributed by atoms with Gasteiger partial charge in [0.2, 0.25) is 0 Å². The third-order valence-corrected chi connectivity index (χ3v) is 5.02. The van der Waals surface area contributed by atoms with Crippen LogP contribution < -0.4 is 4.72 Å². The molecule has 2 heterocycles. The molecule has 0 aliphatic carbocycles. The van der Waals surface area contributed by atoms with E-state index in [4.69, 9.17) is 4.74 Å². The minimum Gasteiger partial charge on any atom is -0.377 e. The van der Waals surface area contributed by atoms with Crippen LogP contribution >= 0.6 is 0 Å². The third kappa shape index (κ3) is 2.81. The first-order chi connectivity index (χ1) is 12.1. The van der Waals surface area contributed by atoms with Crippen LogP contribution in [0.5, 0.6) is 0 Å². The minimum absolute atomic E-state index is 0.00368. The quantitative estimate of drug-likeness (QED) is 0.559. The summed E-state index contributed by atoms with van der Waals surface area (Å²) in [6, 6.07) is 9.68. The number of hydrogen-bond donors (Lipinski definition) is 2. The highest BCUT2D eigenvalue weighted by Gasteiger charge is 2.20. The second-order valence-corrected chi connectivity index (χ2v) is 6.99. The summed E-state index contributed by atoms with van der Waals surface area (Å²) in [5.41, 5.74) is 2.37. The highest BCUT2D eigenvalue weighted by atomic mass is 32.2. The van der Waals surface area contributed by atoms with Crippen molar-refractivity contribution >= 4 is 37.8 Å². The molecular weight excluding hydrogens is 346 g/mol. The highest BCUT2D eigenvalue weighted by molar-refractivity contribution is 7.93. The number of nitrogens with zero attached hydrogens (tertiary/aromatic N) is 3. The predicted octanol–water partition coefficient (Wildman–Crippen LogP) is 2.05. The molecule has 0 aliphatic heterocycles. The lowest BCUT2D eigenvalue weighted by Crippen LogP contribution is -2.13. The molecule has 0 bridgehead atoms. The maximum absolute atomic E-state index is 12.7. The fraction of sp³-hybridized carbons (Fsp3) is 0.133. The Kier molecular flexibility index (Phi) is 3.62. The Labute approximate surface area is 142 Å². The molecule has 0 saturated heterocycles. The molecule has 0 amide bonds. The zero-order valence-corrected chi connectivity index (χ0v) is 13.9. The Morgan fingerprint density at radius 3 is 2.92 bits per heavy atom. The fourth-order valence-corrected chi connectivity index (χ4v) is 3.74. The molecule has 2 aromatic heterocycles. The number of imidazole rings is 1. The molecule has 0 fully saturated rings. The van der Waals surface area contributed by atoms with E-state index in [0.29, 0.717) is 29.2 Å². The molecular formula is C15H13N5O4S. The standard InChI is InChI=1S/C15H13N5O4S/c1-23-8-14-16-10-6-5-9(7-12(10)17-14)20-25(21,22)13-4-2-3-11-15(13)19-24-18-11/h2-7,20H,8H2,1H3,(H,16,17). The van der Waals surface area contributed by atoms with Gasteiger partial charge in [0.15, 0.2) is 5.52 Å². The number of fused-ring (bicyclic) bond motifs is 2. The molecule has 128 valence electrons. The van der Waals surface area contributed by atoms with E-state index in [1.54, 1.807) is 37.4 Å². The molecule has 0 aliphatic rings. The topological polar surface area (TPSA) is 123 Å². The maximum Gasteiger partial charge on any atom is 0.264 e. The molecule has 4 rings (SSSR count). The van der Waals surface area contributed by atoms with Crippen LogP contribution in [-0.2, 0) is 21.4 Å². The molecule has 0 spiro atoms. The first kappa shape index (κ1) is 15.5. The van der Waals surface area contributed by atoms with Crippen molar-refractivity contribution in [3.8, 4) is 0 Å². The molecule has 2 N–H and O–H groups in total. The van der Waals surface area contributed by atoms with Gasteiger partial charge in [0.1, 0.15) is 22.8 Å². The van der Waals surface area contributed by atoms with Crippen LogP contribution in [0.2, 0.25) is 0 Å². The number of benzene rings is 2. The van der Waals surface area contributed by atoms with Crippen molar-refractivity contribution in [3.63, 3.8) is 0 Å². The highest BCUT2D eigenvalue weighted by Crippen LogP contribution is 2.24. The lowest BCUT2D eigenvalue weighted by atomic mass is 10.3. The van der Waals surface area contributed by atoms with Crippen molar-refractivity contribution in [2.45, 2.75) is 11.5 Å². The van der Waals surface area contributed by atoms with E-state index >= 15 is 0 Å². The van der Waals surface area contributed by atoms with Crippen LogP contribution in [0.25, 0.3) is 22.1 Å². The van der Waals surface area contributed by atoms with E-state index in [0.717, 1.165) is 5.52 Å². The van der Waals surface area contributed by atoms with Crippen LogP contribution in [0.15, 0.2) is 45.9 Å². The lowest BCUT2D eigenvalue weighted by Gasteiger charge is -2.08. The van der Waals surface area contributed by atoms with E-state index < -0.39 is 10.0 Å². The third-order valence-electron chi connectivity index (χ3n) is 3.60. The van der Waals surface area contributed by atoms with Gasteiger partial charge in [0.25, 0.3) is 10.0 Å². The number of aromatic amines is 1. The van der Waals surface area contributed by atoms with Gasteiger partial charge in [0, 0.05) is 7.11 Å². The van der Waals surface area contributed by atoms with Gasteiger partial charge in [-0.1, -0.05) is 6.07 Å². The van der Waals surface area contributed by atoms with Crippen LogP contribution in [0.1, 0.15) is 5.82 Å². The summed E-state index contributed by atoms with van der Waals surface area (Å²) in [4.78, 5) is 7.42. The molecule has 25 heavy (non-hydrogen) atoms. The van der Waals surface area contributed by atoms with Crippen molar-refractivity contribution in [3.05, 3.63) is 42.2 Å². The summed E-state index contributed by atoms with van der Waals surface area (Å²) in [6.07, 6.45) is 0. The smallest absolute Gasteiger partial charge is 0.264 e. The Morgan fingerprint density at radius 2 is 2.08 bits per heavy atom. The van der Waals surface area contributed by atoms with Gasteiger partial charge >= 0.3 is 0 Å². The Morgan fingerprint density at radius 1 is 1.20 bits per heavy atom. The first-order valence-corrected chi connectivity index (χ1v) is 8.77. The SMILES string of the molecule is COCc1nc2ccc(NS(=O)(=O)c3cccc4nonc34)cc2[nH]1. The van der Waals surface area contributed by atoms with Crippen LogP contribution in [0.4, 0.5) is 5.69 Å². The van der Waals surface area contributed by atoms with Gasteiger partial charge in [-0.3, -0.25) is 4.72 Å². The van der Waals surface area contributed by atoms with Gasteiger partial charge in [-0.15, -0.1) is 0 Å². The largest absolute Gasteiger partial charge is 0.377 e. The van der Waals surface area contributed by atoms with Gasteiger partial charge in [0.05, 0.1) is 16.7 Å². The van der Waals surface area contributed by atoms with E-state index in [-0.39, 0.29) is 10.4 Å². The van der Waals surface area contributed by atoms with Crippen molar-refractivity contribution in [2.75, 3.05) is 11.8 Å². The summed E-state index contributed by atoms with van der Waals surface area (Å²) in [7, 11) is -2.28. The van der Waals surface area contributed by atoms with Crippen molar-refractivity contribution in [2.24, 2.45) is 0 Å². The van der Waals surface area contributed by atoms with Crippen molar-refractivity contribution in [1.29, 1.82) is 0 Å². The molecule has 0 saturated carbocycles. The lowest BCUT2D eigenvalue weighted by molar-refractivity contribution is 0.179. The molecule has 2 aromatic carbocycles. The molecule has 9 nitrogen and oxygen atoms in total. The Hall–Kier alpha value is -2.98. The number of H-pyrrole nitrogens is 1. The molecule has 0 unspecified atom stereocenters. The molecule has 0 radical (unpaired) electrons. The van der Waals surface area contributed by atoms with Gasteiger partial charge in [-0.2, -0.15) is 0 Å². The maximum atomic E-state index is 12.7. The number of methoxy groups -OCH3 is 1. The zero-order chi connectivity index (χ0) is 17.4. The van der Waals surface area contributed by atoms with Crippen molar-refractivity contribution in [1.82, 2.24) is 20.3 Å². The second-order valence-electron chi connectivity index (χ2n) is 5.34. The van der Waals surface area contributed by atoms with Gasteiger partial charge in [-0.25, -0.2) is 18.0 Å². The van der Waals surface area contributed by atoms with Crippen LogP contribution in [0, 0.1) is 0 Å². The number of aromatic nitrogens is 4. The number of ether oxygens (including phenoxy) is 1. The minimum atomic E-state index is -3.85. The summed E-state index contributed by atoms with van der Waals surface area (Å²) in [5, 5.41) is 7.32. The number of anilines is 1. The second kappa shape index (κ2) is 5.83. The van der Waals surface area contributed by atoms with Gasteiger partial charge < -0.3 is 9.72 Å². The number of hydrogen-bond acceptors (Lipinski definition) is 7.